The summed E-state index contributed by atoms with van der Waals surface area (Å²) in [6, 6.07) is 8.01. The van der Waals surface area contributed by atoms with Crippen molar-refractivity contribution in [3.05, 3.63) is 46.8 Å². The van der Waals surface area contributed by atoms with Crippen LogP contribution in [0.1, 0.15) is 42.3 Å². The zero-order valence-electron chi connectivity index (χ0n) is 13.7. The van der Waals surface area contributed by atoms with Gasteiger partial charge in [-0.15, -0.1) is 0 Å². The highest BCUT2D eigenvalue weighted by molar-refractivity contribution is 7.80. The maximum atomic E-state index is 11.5. The lowest BCUT2D eigenvalue weighted by atomic mass is 10.0. The summed E-state index contributed by atoms with van der Waals surface area (Å²) in [5, 5.41) is 13.2. The van der Waals surface area contributed by atoms with Crippen molar-refractivity contribution >= 4 is 28.9 Å². The molecule has 0 bridgehead atoms. The number of aryl methyl sites for hydroxylation is 2. The zero-order valence-corrected chi connectivity index (χ0v) is 14.5. The number of anilines is 1. The van der Waals surface area contributed by atoms with Crippen LogP contribution in [0.25, 0.3) is 0 Å². The lowest BCUT2D eigenvalue weighted by Crippen LogP contribution is -2.33. The molecule has 5 nitrogen and oxygen atoms in total. The Bertz CT molecular complexity index is 672. The molecule has 1 aromatic heterocycles. The summed E-state index contributed by atoms with van der Waals surface area (Å²) in [6.45, 7) is 5.99. The Morgan fingerprint density at radius 1 is 1.26 bits per heavy atom. The predicted octanol–water partition coefficient (Wildman–Crippen LogP) is 3.23. The average molecular weight is 330 g/mol. The monoisotopic (exact) mass is 330 g/mol. The summed E-state index contributed by atoms with van der Waals surface area (Å²) in [5.74, 6) is -0.0625. The second kappa shape index (κ2) is 7.87. The van der Waals surface area contributed by atoms with Gasteiger partial charge in [0.15, 0.2) is 5.11 Å². The van der Waals surface area contributed by atoms with E-state index in [-0.39, 0.29) is 5.91 Å². The molecule has 0 atom stereocenters. The van der Waals surface area contributed by atoms with E-state index >= 15 is 0 Å². The molecule has 6 heteroatoms. The number of hydrogen-bond acceptors (Lipinski definition) is 3. The molecule has 0 aliphatic heterocycles. The van der Waals surface area contributed by atoms with Crippen LogP contribution in [-0.4, -0.2) is 21.2 Å². The van der Waals surface area contributed by atoms with Gasteiger partial charge in [-0.1, -0.05) is 19.1 Å². The fourth-order valence-corrected chi connectivity index (χ4v) is 2.55. The van der Waals surface area contributed by atoms with Gasteiger partial charge in [-0.05, 0) is 50.2 Å². The molecule has 1 amide bonds. The van der Waals surface area contributed by atoms with Crippen molar-refractivity contribution in [2.45, 2.75) is 40.0 Å². The number of aromatic amines is 1. The maximum absolute atomic E-state index is 11.5. The van der Waals surface area contributed by atoms with Crippen LogP contribution in [0.4, 0.5) is 5.69 Å². The molecule has 0 saturated heterocycles. The molecule has 0 unspecified atom stereocenters. The molecular formula is C17H22N4OS. The first-order valence-corrected chi connectivity index (χ1v) is 8.10. The summed E-state index contributed by atoms with van der Waals surface area (Å²) >= 11 is 5.13. The summed E-state index contributed by atoms with van der Waals surface area (Å²) in [4.78, 5) is 11.5. The number of amides is 1. The van der Waals surface area contributed by atoms with E-state index in [1.165, 1.54) is 11.1 Å². The van der Waals surface area contributed by atoms with Gasteiger partial charge in [-0.3, -0.25) is 9.89 Å². The van der Waals surface area contributed by atoms with Crippen LogP contribution in [0.5, 0.6) is 0 Å². The van der Waals surface area contributed by atoms with Crippen LogP contribution in [-0.2, 0) is 11.2 Å². The van der Waals surface area contributed by atoms with E-state index in [1.807, 2.05) is 45.0 Å². The Balaban J connectivity index is 1.94. The van der Waals surface area contributed by atoms with Gasteiger partial charge < -0.3 is 10.6 Å². The topological polar surface area (TPSA) is 69.8 Å². The minimum Gasteiger partial charge on any atom is -0.332 e. The number of benzene rings is 1. The molecular weight excluding hydrogens is 308 g/mol. The number of nitrogens with one attached hydrogen (secondary N) is 3. The second-order valence-corrected chi connectivity index (χ2v) is 5.95. The van der Waals surface area contributed by atoms with Crippen LogP contribution in [0, 0.1) is 13.8 Å². The lowest BCUT2D eigenvalue weighted by Gasteiger charge is -2.10. The SMILES string of the molecule is CCCC(=O)NC(=S)Nc1ccc(Cc2c(C)n[nH]c2C)cc1. The minimum atomic E-state index is -0.0625. The molecule has 2 rings (SSSR count). The number of H-pyrrole nitrogens is 1. The normalized spacial score (nSPS) is 10.4. The first-order chi connectivity index (χ1) is 11.0. The van der Waals surface area contributed by atoms with Crippen LogP contribution in [0.15, 0.2) is 24.3 Å². The molecule has 0 fully saturated rings. The Morgan fingerprint density at radius 2 is 1.96 bits per heavy atom. The molecule has 0 aliphatic rings. The second-order valence-electron chi connectivity index (χ2n) is 5.54. The van der Waals surface area contributed by atoms with Crippen molar-refractivity contribution in [1.29, 1.82) is 0 Å². The van der Waals surface area contributed by atoms with Gasteiger partial charge in [0.25, 0.3) is 0 Å². The van der Waals surface area contributed by atoms with E-state index in [1.54, 1.807) is 0 Å². The maximum Gasteiger partial charge on any atom is 0.226 e. The Labute approximate surface area is 141 Å². The number of carbonyl (C=O) groups excluding carboxylic acids is 1. The highest BCUT2D eigenvalue weighted by Gasteiger charge is 2.08. The third-order valence-corrected chi connectivity index (χ3v) is 3.81. The number of carbonyl (C=O) groups is 1. The van der Waals surface area contributed by atoms with Crippen molar-refractivity contribution in [2.75, 3.05) is 5.32 Å². The fourth-order valence-electron chi connectivity index (χ4n) is 2.32. The summed E-state index contributed by atoms with van der Waals surface area (Å²) in [6.07, 6.45) is 2.12. The van der Waals surface area contributed by atoms with E-state index < -0.39 is 0 Å². The Hall–Kier alpha value is -2.21. The highest BCUT2D eigenvalue weighted by Crippen LogP contribution is 2.17. The van der Waals surface area contributed by atoms with E-state index in [4.69, 9.17) is 12.2 Å². The third-order valence-electron chi connectivity index (χ3n) is 3.60. The molecule has 0 radical (unpaired) electrons. The van der Waals surface area contributed by atoms with Crippen molar-refractivity contribution in [2.24, 2.45) is 0 Å². The number of hydrogen-bond donors (Lipinski definition) is 3. The van der Waals surface area contributed by atoms with Crippen molar-refractivity contribution in [1.82, 2.24) is 15.5 Å². The van der Waals surface area contributed by atoms with Crippen molar-refractivity contribution < 1.29 is 4.79 Å². The summed E-state index contributed by atoms with van der Waals surface area (Å²) in [5.41, 5.74) is 5.42. The van der Waals surface area contributed by atoms with Gasteiger partial charge in [0.1, 0.15) is 0 Å². The molecule has 122 valence electrons. The van der Waals surface area contributed by atoms with Crippen LogP contribution >= 0.6 is 12.2 Å². The Kier molecular flexibility index (Phi) is 5.87. The lowest BCUT2D eigenvalue weighted by molar-refractivity contribution is -0.119. The Morgan fingerprint density at radius 3 is 2.52 bits per heavy atom. The van der Waals surface area contributed by atoms with E-state index in [0.29, 0.717) is 11.5 Å². The standard InChI is InChI=1S/C17H22N4OS/c1-4-5-16(22)19-17(23)18-14-8-6-13(7-9-14)10-15-11(2)20-21-12(15)3/h6-9H,4-5,10H2,1-3H3,(H,20,21)(H2,18,19,22,23). The summed E-state index contributed by atoms with van der Waals surface area (Å²) < 4.78 is 0. The largest absolute Gasteiger partial charge is 0.332 e. The smallest absolute Gasteiger partial charge is 0.226 e. The van der Waals surface area contributed by atoms with Crippen LogP contribution in [0.3, 0.4) is 0 Å². The first kappa shape index (κ1) is 17.1. The van der Waals surface area contributed by atoms with Crippen LogP contribution < -0.4 is 10.6 Å². The molecule has 0 spiro atoms. The zero-order chi connectivity index (χ0) is 16.8. The first-order valence-electron chi connectivity index (χ1n) is 7.69. The van der Waals surface area contributed by atoms with Crippen molar-refractivity contribution in [3.8, 4) is 0 Å². The number of aromatic nitrogens is 2. The number of nitrogens with zero attached hydrogens (tertiary/aromatic N) is 1. The summed E-state index contributed by atoms with van der Waals surface area (Å²) in [7, 11) is 0. The van der Waals surface area contributed by atoms with Crippen LogP contribution in [0.2, 0.25) is 0 Å². The van der Waals surface area contributed by atoms with Crippen molar-refractivity contribution in [3.63, 3.8) is 0 Å². The molecule has 1 aromatic carbocycles. The fraction of sp³-hybridized carbons (Fsp3) is 0.353. The van der Waals surface area contributed by atoms with E-state index in [9.17, 15) is 4.79 Å². The molecule has 23 heavy (non-hydrogen) atoms. The molecule has 1 heterocycles. The minimum absolute atomic E-state index is 0.0625. The van der Waals surface area contributed by atoms with Gasteiger partial charge in [-0.2, -0.15) is 5.10 Å². The molecule has 0 aliphatic carbocycles. The predicted molar refractivity (Wildman–Crippen MR) is 96.6 cm³/mol. The van der Waals surface area contributed by atoms with Gasteiger partial charge in [0.2, 0.25) is 5.91 Å². The average Bonchev–Trinajstić information content (AvgIpc) is 2.81. The number of thiocarbonyl (C=S) groups is 1. The molecule has 3 N–H and O–H groups in total. The van der Waals surface area contributed by atoms with Gasteiger partial charge in [-0.25, -0.2) is 0 Å². The number of rotatable bonds is 5. The van der Waals surface area contributed by atoms with E-state index in [0.717, 1.165) is 29.9 Å². The van der Waals surface area contributed by atoms with Gasteiger partial charge >= 0.3 is 0 Å². The van der Waals surface area contributed by atoms with Gasteiger partial charge in [0.05, 0.1) is 5.69 Å². The van der Waals surface area contributed by atoms with E-state index in [2.05, 4.69) is 20.8 Å². The van der Waals surface area contributed by atoms with Gasteiger partial charge in [0, 0.05) is 29.8 Å². The highest BCUT2D eigenvalue weighted by atomic mass is 32.1. The molecule has 0 saturated carbocycles. The molecule has 2 aromatic rings. The third kappa shape index (κ3) is 4.89. The quantitative estimate of drug-likeness (QED) is 0.736.